The number of carbonyl (C=O) groups excluding carboxylic acids is 1. The lowest BCUT2D eigenvalue weighted by Crippen LogP contribution is -2.40. The van der Waals surface area contributed by atoms with Gasteiger partial charge in [0, 0.05) is 18.1 Å². The Morgan fingerprint density at radius 1 is 0.971 bits per heavy atom. The van der Waals surface area contributed by atoms with Crippen molar-refractivity contribution in [3.63, 3.8) is 0 Å². The molecular formula is C28H26ClN3O2S. The Kier molecular flexibility index (Phi) is 7.21. The van der Waals surface area contributed by atoms with Gasteiger partial charge < -0.3 is 4.90 Å². The first kappa shape index (κ1) is 23.6. The van der Waals surface area contributed by atoms with Crippen molar-refractivity contribution in [1.82, 2.24) is 14.5 Å². The van der Waals surface area contributed by atoms with E-state index in [9.17, 15) is 9.59 Å². The van der Waals surface area contributed by atoms with Crippen molar-refractivity contribution >= 4 is 40.2 Å². The first-order valence-electron chi connectivity index (χ1n) is 11.8. The number of aromatic nitrogens is 2. The molecule has 0 saturated carbocycles. The fraction of sp³-hybridized carbons (Fsp3) is 0.250. The highest BCUT2D eigenvalue weighted by Crippen LogP contribution is 2.25. The molecule has 1 aliphatic rings. The van der Waals surface area contributed by atoms with Crippen molar-refractivity contribution in [3.8, 4) is 5.69 Å². The first-order valence-corrected chi connectivity index (χ1v) is 13.2. The normalized spacial score (nSPS) is 14.4. The second kappa shape index (κ2) is 10.7. The molecule has 35 heavy (non-hydrogen) atoms. The molecule has 1 aliphatic heterocycles. The zero-order chi connectivity index (χ0) is 24.2. The van der Waals surface area contributed by atoms with Gasteiger partial charge in [-0.05, 0) is 61.1 Å². The minimum Gasteiger partial charge on any atom is -0.342 e. The maximum absolute atomic E-state index is 13.4. The molecule has 0 bridgehead atoms. The highest BCUT2D eigenvalue weighted by molar-refractivity contribution is 7.99. The molecular weight excluding hydrogens is 478 g/mol. The smallest absolute Gasteiger partial charge is 0.266 e. The fourth-order valence-electron chi connectivity index (χ4n) is 4.60. The quantitative estimate of drug-likeness (QED) is 0.253. The van der Waals surface area contributed by atoms with Crippen LogP contribution in [-0.2, 0) is 11.2 Å². The minimum atomic E-state index is -0.172. The lowest BCUT2D eigenvalue weighted by molar-refractivity contribution is -0.129. The second-order valence-electron chi connectivity index (χ2n) is 8.83. The van der Waals surface area contributed by atoms with Crippen LogP contribution in [0.1, 0.15) is 18.4 Å². The summed E-state index contributed by atoms with van der Waals surface area (Å²) >= 11 is 7.51. The molecule has 178 valence electrons. The number of benzene rings is 3. The average molecular weight is 504 g/mol. The Morgan fingerprint density at radius 3 is 2.49 bits per heavy atom. The van der Waals surface area contributed by atoms with E-state index in [-0.39, 0.29) is 17.2 Å². The maximum Gasteiger partial charge on any atom is 0.266 e. The Bertz CT molecular complexity index is 1400. The lowest BCUT2D eigenvalue weighted by atomic mass is 9.90. The Balaban J connectivity index is 1.30. The van der Waals surface area contributed by atoms with Crippen LogP contribution < -0.4 is 5.56 Å². The van der Waals surface area contributed by atoms with Crippen molar-refractivity contribution in [3.05, 3.63) is 99.8 Å². The summed E-state index contributed by atoms with van der Waals surface area (Å²) in [6, 6.07) is 24.9. The summed E-state index contributed by atoms with van der Waals surface area (Å²) in [7, 11) is 0. The minimum absolute atomic E-state index is 0.0770. The topological polar surface area (TPSA) is 55.2 Å². The van der Waals surface area contributed by atoms with E-state index in [2.05, 4.69) is 24.3 Å². The number of para-hydroxylation sites is 1. The summed E-state index contributed by atoms with van der Waals surface area (Å²) in [4.78, 5) is 33.1. The highest BCUT2D eigenvalue weighted by Gasteiger charge is 2.24. The van der Waals surface area contributed by atoms with Gasteiger partial charge in [-0.25, -0.2) is 4.98 Å². The van der Waals surface area contributed by atoms with Gasteiger partial charge in [-0.3, -0.25) is 14.2 Å². The molecule has 1 saturated heterocycles. The average Bonchev–Trinajstić information content (AvgIpc) is 2.88. The molecule has 1 amide bonds. The highest BCUT2D eigenvalue weighted by atomic mass is 35.5. The van der Waals surface area contributed by atoms with Crippen molar-refractivity contribution in [1.29, 1.82) is 0 Å². The molecule has 2 heterocycles. The molecule has 1 aromatic heterocycles. The van der Waals surface area contributed by atoms with Gasteiger partial charge in [0.2, 0.25) is 5.91 Å². The monoisotopic (exact) mass is 503 g/mol. The van der Waals surface area contributed by atoms with Crippen LogP contribution in [0.4, 0.5) is 0 Å². The third-order valence-electron chi connectivity index (χ3n) is 6.47. The van der Waals surface area contributed by atoms with Gasteiger partial charge in [-0.15, -0.1) is 0 Å². The SMILES string of the molecule is O=C(CSc1nc2ccccc2c(=O)n1-c1cccc(Cl)c1)N1CCC(Cc2ccccc2)CC1. The molecule has 0 N–H and O–H groups in total. The third-order valence-corrected chi connectivity index (χ3v) is 7.63. The number of halogens is 1. The predicted octanol–water partition coefficient (Wildman–Crippen LogP) is 5.61. The molecule has 0 aliphatic carbocycles. The molecule has 0 atom stereocenters. The van der Waals surface area contributed by atoms with Crippen LogP contribution in [0.25, 0.3) is 16.6 Å². The molecule has 0 unspecified atom stereocenters. The van der Waals surface area contributed by atoms with E-state index in [1.807, 2.05) is 35.2 Å². The van der Waals surface area contributed by atoms with Crippen molar-refractivity contribution in [2.45, 2.75) is 24.4 Å². The maximum atomic E-state index is 13.4. The van der Waals surface area contributed by atoms with Gasteiger partial charge >= 0.3 is 0 Å². The zero-order valence-electron chi connectivity index (χ0n) is 19.3. The molecule has 1 fully saturated rings. The summed E-state index contributed by atoms with van der Waals surface area (Å²) in [6.45, 7) is 1.53. The first-order chi connectivity index (χ1) is 17.1. The van der Waals surface area contributed by atoms with Gasteiger partial charge in [-0.1, -0.05) is 71.9 Å². The van der Waals surface area contributed by atoms with Crippen LogP contribution in [0, 0.1) is 5.92 Å². The Morgan fingerprint density at radius 2 is 1.71 bits per heavy atom. The number of hydrogen-bond acceptors (Lipinski definition) is 4. The molecule has 0 spiro atoms. The number of hydrogen-bond donors (Lipinski definition) is 0. The van der Waals surface area contributed by atoms with Gasteiger partial charge in [-0.2, -0.15) is 0 Å². The number of likely N-dealkylation sites (tertiary alicyclic amines) is 1. The van der Waals surface area contributed by atoms with Gasteiger partial charge in [0.1, 0.15) is 0 Å². The largest absolute Gasteiger partial charge is 0.342 e. The van der Waals surface area contributed by atoms with Gasteiger partial charge in [0.15, 0.2) is 5.16 Å². The molecule has 3 aromatic carbocycles. The van der Waals surface area contributed by atoms with Crippen LogP contribution in [0.2, 0.25) is 5.02 Å². The van der Waals surface area contributed by atoms with E-state index in [0.717, 1.165) is 32.4 Å². The molecule has 5 rings (SSSR count). The number of piperidine rings is 1. The number of amides is 1. The van der Waals surface area contributed by atoms with E-state index >= 15 is 0 Å². The number of carbonyl (C=O) groups is 1. The van der Waals surface area contributed by atoms with Crippen LogP contribution in [-0.4, -0.2) is 39.2 Å². The summed E-state index contributed by atoms with van der Waals surface area (Å²) in [5, 5.41) is 1.56. The molecule has 7 heteroatoms. The van der Waals surface area contributed by atoms with Crippen molar-refractivity contribution in [2.75, 3.05) is 18.8 Å². The summed E-state index contributed by atoms with van der Waals surface area (Å²) in [5.41, 5.74) is 2.44. The summed E-state index contributed by atoms with van der Waals surface area (Å²) < 4.78 is 1.55. The van der Waals surface area contributed by atoms with E-state index in [1.165, 1.54) is 17.3 Å². The number of nitrogens with zero attached hydrogens (tertiary/aromatic N) is 3. The van der Waals surface area contributed by atoms with Gasteiger partial charge in [0.05, 0.1) is 22.3 Å². The molecule has 0 radical (unpaired) electrons. The van der Waals surface area contributed by atoms with Crippen molar-refractivity contribution < 1.29 is 4.79 Å². The van der Waals surface area contributed by atoms with Gasteiger partial charge in [0.25, 0.3) is 5.56 Å². The summed E-state index contributed by atoms with van der Waals surface area (Å²) in [6.07, 6.45) is 3.07. The number of fused-ring (bicyclic) bond motifs is 1. The Labute approximate surface area is 213 Å². The van der Waals surface area contributed by atoms with Crippen molar-refractivity contribution in [2.24, 2.45) is 5.92 Å². The molecule has 4 aromatic rings. The van der Waals surface area contributed by atoms with E-state index in [0.29, 0.717) is 32.7 Å². The van der Waals surface area contributed by atoms with Crippen LogP contribution >= 0.6 is 23.4 Å². The lowest BCUT2D eigenvalue weighted by Gasteiger charge is -2.32. The number of thioether (sulfide) groups is 1. The second-order valence-corrected chi connectivity index (χ2v) is 10.2. The van der Waals surface area contributed by atoms with E-state index < -0.39 is 0 Å². The number of rotatable bonds is 6. The van der Waals surface area contributed by atoms with E-state index in [4.69, 9.17) is 16.6 Å². The predicted molar refractivity (Wildman–Crippen MR) is 143 cm³/mol. The van der Waals surface area contributed by atoms with Crippen LogP contribution in [0.3, 0.4) is 0 Å². The Hall–Kier alpha value is -3.09. The fourth-order valence-corrected chi connectivity index (χ4v) is 5.70. The van der Waals surface area contributed by atoms with E-state index in [1.54, 1.807) is 28.8 Å². The van der Waals surface area contributed by atoms with Crippen LogP contribution in [0.5, 0.6) is 0 Å². The summed E-state index contributed by atoms with van der Waals surface area (Å²) in [5.74, 6) is 0.909. The zero-order valence-corrected chi connectivity index (χ0v) is 20.8. The molecule has 5 nitrogen and oxygen atoms in total. The van der Waals surface area contributed by atoms with Crippen LogP contribution in [0.15, 0.2) is 88.8 Å². The standard InChI is InChI=1S/C28H26ClN3O2S/c29-22-9-6-10-23(18-22)32-27(34)24-11-4-5-12-25(24)30-28(32)35-19-26(33)31-15-13-21(14-16-31)17-20-7-2-1-3-8-20/h1-12,18,21H,13-17,19H2. The third kappa shape index (κ3) is 5.44.